The van der Waals surface area contributed by atoms with Gasteiger partial charge in [-0.25, -0.2) is 4.39 Å². The molecule has 1 fully saturated rings. The smallest absolute Gasteiger partial charge is 0.276 e. The zero-order valence-corrected chi connectivity index (χ0v) is 18.5. The standard InChI is InChI=1S/C22H21ClFN3O3S/c1-12(2)9-17-21(28)25-16(19-7-8-20(23)31-19)11-27(17)22(29)15-10-18(30-26-15)13-3-5-14(24)6-4-13/h3-8,10,12,16-17H,9,11H2,1-2H3,(H,25,28)/t16-,17+/m1/s1. The Kier molecular flexibility index (Phi) is 6.11. The van der Waals surface area contributed by atoms with Crippen molar-refractivity contribution in [3.63, 3.8) is 0 Å². The normalized spacial score (nSPS) is 19.0. The van der Waals surface area contributed by atoms with Crippen LogP contribution in [0.2, 0.25) is 4.34 Å². The van der Waals surface area contributed by atoms with Crippen LogP contribution in [0.15, 0.2) is 47.0 Å². The van der Waals surface area contributed by atoms with Gasteiger partial charge in [0.15, 0.2) is 11.5 Å². The van der Waals surface area contributed by atoms with Gasteiger partial charge in [0.25, 0.3) is 5.91 Å². The fourth-order valence-electron chi connectivity index (χ4n) is 3.63. The van der Waals surface area contributed by atoms with Crippen molar-refractivity contribution in [2.24, 2.45) is 5.92 Å². The van der Waals surface area contributed by atoms with E-state index in [1.165, 1.54) is 29.5 Å². The summed E-state index contributed by atoms with van der Waals surface area (Å²) in [5.41, 5.74) is 0.708. The highest BCUT2D eigenvalue weighted by Crippen LogP contribution is 2.32. The summed E-state index contributed by atoms with van der Waals surface area (Å²) in [4.78, 5) is 28.7. The van der Waals surface area contributed by atoms with Crippen LogP contribution in [0.4, 0.5) is 4.39 Å². The number of carbonyl (C=O) groups is 2. The molecule has 1 aliphatic rings. The summed E-state index contributed by atoms with van der Waals surface area (Å²) in [7, 11) is 0. The molecule has 3 aromatic rings. The quantitative estimate of drug-likeness (QED) is 0.585. The Balaban J connectivity index is 1.62. The third-order valence-corrected chi connectivity index (χ3v) is 6.47. The van der Waals surface area contributed by atoms with Crippen molar-refractivity contribution in [3.05, 3.63) is 63.2 Å². The second-order valence-electron chi connectivity index (χ2n) is 7.89. The van der Waals surface area contributed by atoms with Gasteiger partial charge in [-0.1, -0.05) is 30.6 Å². The third-order valence-electron chi connectivity index (χ3n) is 5.13. The van der Waals surface area contributed by atoms with E-state index in [9.17, 15) is 14.0 Å². The zero-order chi connectivity index (χ0) is 22.1. The van der Waals surface area contributed by atoms with Crippen molar-refractivity contribution in [2.45, 2.75) is 32.4 Å². The molecule has 1 N–H and O–H groups in total. The number of nitrogens with zero attached hydrogens (tertiary/aromatic N) is 2. The van der Waals surface area contributed by atoms with Crippen molar-refractivity contribution in [2.75, 3.05) is 6.54 Å². The van der Waals surface area contributed by atoms with Gasteiger partial charge in [-0.15, -0.1) is 11.3 Å². The fraction of sp³-hybridized carbons (Fsp3) is 0.318. The maximum Gasteiger partial charge on any atom is 0.276 e. The Morgan fingerprint density at radius 1 is 1.32 bits per heavy atom. The lowest BCUT2D eigenvalue weighted by molar-refractivity contribution is -0.130. The molecular formula is C22H21ClFN3O3S. The molecule has 31 heavy (non-hydrogen) atoms. The van der Waals surface area contributed by atoms with E-state index in [0.717, 1.165) is 4.88 Å². The fourth-order valence-corrected chi connectivity index (χ4v) is 4.74. The van der Waals surface area contributed by atoms with E-state index in [-0.39, 0.29) is 35.3 Å². The lowest BCUT2D eigenvalue weighted by atomic mass is 9.97. The minimum Gasteiger partial charge on any atom is -0.355 e. The molecule has 1 aliphatic heterocycles. The second kappa shape index (κ2) is 8.80. The number of aromatic nitrogens is 1. The Morgan fingerprint density at radius 3 is 2.71 bits per heavy atom. The molecule has 2 aromatic heterocycles. The average Bonchev–Trinajstić information content (AvgIpc) is 3.38. The molecule has 162 valence electrons. The largest absolute Gasteiger partial charge is 0.355 e. The number of nitrogens with one attached hydrogen (secondary N) is 1. The number of rotatable bonds is 5. The van der Waals surface area contributed by atoms with Gasteiger partial charge in [0, 0.05) is 23.1 Å². The van der Waals surface area contributed by atoms with Crippen molar-refractivity contribution in [3.8, 4) is 11.3 Å². The van der Waals surface area contributed by atoms with Crippen LogP contribution in [0.25, 0.3) is 11.3 Å². The maximum absolute atomic E-state index is 13.4. The first-order valence-electron chi connectivity index (χ1n) is 9.91. The van der Waals surface area contributed by atoms with Crippen LogP contribution in [0.1, 0.15) is 41.7 Å². The van der Waals surface area contributed by atoms with Gasteiger partial charge in [-0.3, -0.25) is 9.59 Å². The van der Waals surface area contributed by atoms with E-state index in [0.29, 0.717) is 28.6 Å². The highest BCUT2D eigenvalue weighted by molar-refractivity contribution is 7.16. The summed E-state index contributed by atoms with van der Waals surface area (Å²) in [5, 5.41) is 6.93. The predicted molar refractivity (Wildman–Crippen MR) is 116 cm³/mol. The molecule has 1 aromatic carbocycles. The number of amides is 2. The zero-order valence-electron chi connectivity index (χ0n) is 17.0. The summed E-state index contributed by atoms with van der Waals surface area (Å²) in [6.07, 6.45) is 0.526. The molecule has 2 atom stereocenters. The van der Waals surface area contributed by atoms with Crippen molar-refractivity contribution in [1.29, 1.82) is 0 Å². The number of carbonyl (C=O) groups excluding carboxylic acids is 2. The number of thiophene rings is 1. The third kappa shape index (κ3) is 4.65. The second-order valence-corrected chi connectivity index (χ2v) is 9.64. The average molecular weight is 462 g/mol. The van der Waals surface area contributed by atoms with Crippen LogP contribution < -0.4 is 5.32 Å². The molecule has 0 bridgehead atoms. The highest BCUT2D eigenvalue weighted by atomic mass is 35.5. The van der Waals surface area contributed by atoms with Crippen molar-refractivity contribution < 1.29 is 18.5 Å². The van der Waals surface area contributed by atoms with Crippen molar-refractivity contribution >= 4 is 34.8 Å². The van der Waals surface area contributed by atoms with Crippen LogP contribution in [-0.2, 0) is 4.79 Å². The van der Waals surface area contributed by atoms with E-state index < -0.39 is 6.04 Å². The van der Waals surface area contributed by atoms with Crippen LogP contribution in [0.3, 0.4) is 0 Å². The molecule has 1 saturated heterocycles. The molecule has 2 amide bonds. The maximum atomic E-state index is 13.4. The molecule has 0 saturated carbocycles. The SMILES string of the molecule is CC(C)C[C@H]1C(=O)N[C@@H](c2ccc(Cl)s2)CN1C(=O)c1cc(-c2ccc(F)cc2)on1. The minimum atomic E-state index is -0.606. The summed E-state index contributed by atoms with van der Waals surface area (Å²) in [6.45, 7) is 4.31. The Morgan fingerprint density at radius 2 is 2.06 bits per heavy atom. The van der Waals surface area contributed by atoms with Gasteiger partial charge in [0.1, 0.15) is 11.9 Å². The summed E-state index contributed by atoms with van der Waals surface area (Å²) < 4.78 is 19.1. The van der Waals surface area contributed by atoms with Gasteiger partial charge in [0.05, 0.1) is 10.4 Å². The predicted octanol–water partition coefficient (Wildman–Crippen LogP) is 4.92. The van der Waals surface area contributed by atoms with Crippen LogP contribution in [-0.4, -0.2) is 34.5 Å². The van der Waals surface area contributed by atoms with E-state index in [1.807, 2.05) is 19.9 Å². The van der Waals surface area contributed by atoms with E-state index in [2.05, 4.69) is 10.5 Å². The molecule has 6 nitrogen and oxygen atoms in total. The van der Waals surface area contributed by atoms with Gasteiger partial charge in [-0.05, 0) is 48.7 Å². The Hall–Kier alpha value is -2.71. The van der Waals surface area contributed by atoms with Gasteiger partial charge in [0.2, 0.25) is 5.91 Å². The van der Waals surface area contributed by atoms with Crippen molar-refractivity contribution in [1.82, 2.24) is 15.4 Å². The van der Waals surface area contributed by atoms with Gasteiger partial charge < -0.3 is 14.7 Å². The first kappa shape index (κ1) is 21.5. The molecule has 4 rings (SSSR count). The summed E-state index contributed by atoms with van der Waals surface area (Å²) in [5.74, 6) is -0.386. The molecule has 0 spiro atoms. The molecule has 0 aliphatic carbocycles. The number of hydrogen-bond acceptors (Lipinski definition) is 5. The van der Waals surface area contributed by atoms with E-state index in [1.54, 1.807) is 23.1 Å². The van der Waals surface area contributed by atoms with Gasteiger partial charge >= 0.3 is 0 Å². The Bertz CT molecular complexity index is 1100. The van der Waals surface area contributed by atoms with E-state index in [4.69, 9.17) is 16.1 Å². The highest BCUT2D eigenvalue weighted by Gasteiger charge is 2.39. The summed E-state index contributed by atoms with van der Waals surface area (Å²) in [6, 6.07) is 9.91. The number of piperazine rings is 1. The molecule has 0 unspecified atom stereocenters. The first-order chi connectivity index (χ1) is 14.8. The van der Waals surface area contributed by atoms with Crippen LogP contribution >= 0.6 is 22.9 Å². The lowest BCUT2D eigenvalue weighted by Gasteiger charge is -2.39. The monoisotopic (exact) mass is 461 g/mol. The first-order valence-corrected chi connectivity index (χ1v) is 11.1. The topological polar surface area (TPSA) is 75.4 Å². The van der Waals surface area contributed by atoms with E-state index >= 15 is 0 Å². The number of hydrogen-bond donors (Lipinski definition) is 1. The van der Waals surface area contributed by atoms with Gasteiger partial charge in [-0.2, -0.15) is 0 Å². The number of halogens is 2. The molecule has 3 heterocycles. The van der Waals surface area contributed by atoms with Crippen LogP contribution in [0, 0.1) is 11.7 Å². The molecular weight excluding hydrogens is 441 g/mol. The summed E-state index contributed by atoms with van der Waals surface area (Å²) >= 11 is 7.43. The molecule has 0 radical (unpaired) electrons. The van der Waals surface area contributed by atoms with Crippen LogP contribution in [0.5, 0.6) is 0 Å². The Labute approximate surface area is 188 Å². The number of benzene rings is 1. The minimum absolute atomic E-state index is 0.103. The lowest BCUT2D eigenvalue weighted by Crippen LogP contribution is -2.58. The molecule has 9 heteroatoms.